The molecule has 1 atom stereocenters. The first kappa shape index (κ1) is 37.1. The van der Waals surface area contributed by atoms with Crippen molar-refractivity contribution in [1.29, 1.82) is 0 Å². The van der Waals surface area contributed by atoms with E-state index < -0.39 is 11.9 Å². The van der Waals surface area contributed by atoms with Gasteiger partial charge in [-0.05, 0) is 55.7 Å². The number of hydrogen-bond donors (Lipinski definition) is 3. The van der Waals surface area contributed by atoms with Crippen molar-refractivity contribution in [3.8, 4) is 0 Å². The highest BCUT2D eigenvalue weighted by Crippen LogP contribution is 2.24. The van der Waals surface area contributed by atoms with Gasteiger partial charge in [-0.15, -0.1) is 0 Å². The fourth-order valence-corrected chi connectivity index (χ4v) is 5.71. The molecular formula is C39H52N3O5+. The zero-order valence-electron chi connectivity index (χ0n) is 28.1. The molecule has 0 bridgehead atoms. The van der Waals surface area contributed by atoms with Crippen molar-refractivity contribution in [1.82, 2.24) is 0 Å². The molecule has 0 aliphatic carbocycles. The lowest BCUT2D eigenvalue weighted by Gasteiger charge is -2.14. The first-order valence-corrected chi connectivity index (χ1v) is 17.3. The van der Waals surface area contributed by atoms with E-state index in [1.54, 1.807) is 41.1 Å². The Labute approximate surface area is 279 Å². The number of unbranched alkanes of at least 4 members (excludes halogenated alkanes) is 11. The number of pyridine rings is 1. The van der Waals surface area contributed by atoms with Crippen molar-refractivity contribution in [3.63, 3.8) is 0 Å². The van der Waals surface area contributed by atoms with Crippen LogP contribution in [0.25, 0.3) is 10.8 Å². The number of benzene rings is 2. The van der Waals surface area contributed by atoms with Crippen LogP contribution in [0.15, 0.2) is 73.1 Å². The van der Waals surface area contributed by atoms with Gasteiger partial charge in [0.05, 0.1) is 12.3 Å². The summed E-state index contributed by atoms with van der Waals surface area (Å²) in [6.07, 6.45) is 23.0. The number of allylic oxidation sites excluding steroid dienone is 2. The maximum absolute atomic E-state index is 13.2. The predicted molar refractivity (Wildman–Crippen MR) is 188 cm³/mol. The van der Waals surface area contributed by atoms with E-state index in [-0.39, 0.29) is 30.6 Å². The molecule has 1 aromatic heterocycles. The number of fused-ring (bicyclic) bond motifs is 1. The first-order chi connectivity index (χ1) is 22.8. The Kier molecular flexibility index (Phi) is 16.4. The Morgan fingerprint density at radius 1 is 0.809 bits per heavy atom. The topological polar surface area (TPSA) is 116 Å². The van der Waals surface area contributed by atoms with Gasteiger partial charge in [0.2, 0.25) is 24.1 Å². The van der Waals surface area contributed by atoms with E-state index in [9.17, 15) is 24.3 Å². The van der Waals surface area contributed by atoms with Crippen LogP contribution in [0.1, 0.15) is 114 Å². The van der Waals surface area contributed by atoms with Crippen LogP contribution in [0, 0.1) is 5.92 Å². The zero-order valence-corrected chi connectivity index (χ0v) is 28.1. The summed E-state index contributed by atoms with van der Waals surface area (Å²) >= 11 is 0. The first-order valence-electron chi connectivity index (χ1n) is 17.3. The lowest BCUT2D eigenvalue weighted by atomic mass is 9.99. The molecule has 0 aliphatic heterocycles. The van der Waals surface area contributed by atoms with Gasteiger partial charge in [0.25, 0.3) is 0 Å². The van der Waals surface area contributed by atoms with Crippen LogP contribution in [0.2, 0.25) is 0 Å². The highest BCUT2D eigenvalue weighted by atomic mass is 16.4. The molecule has 0 saturated heterocycles. The molecule has 0 saturated carbocycles. The van der Waals surface area contributed by atoms with Crippen LogP contribution in [-0.4, -0.2) is 28.7 Å². The van der Waals surface area contributed by atoms with Crippen LogP contribution in [0.5, 0.6) is 0 Å². The third-order valence-corrected chi connectivity index (χ3v) is 8.34. The van der Waals surface area contributed by atoms with Crippen LogP contribution in [-0.2, 0) is 20.9 Å². The van der Waals surface area contributed by atoms with Crippen molar-refractivity contribution < 1.29 is 28.9 Å². The number of aliphatic carboxylic acids is 1. The molecule has 3 N–H and O–H groups in total. The standard InChI is InChI=1S/C39H51N3O5/c1-3-4-5-6-7-8-9-10-11-12-13-14-15-16-18-32(27-38(45)46)39(47)41-36-20-17-19-33-28-42(26-25-35(33)36)29-37(44)31-21-23-34(24-22-31)40-30(2)43/h15-17,19-26,28,32H,3-14,18,27,29H2,1-2H3,(H2-,40,41,43,44,45,46,47)/p+1/b16-15+. The van der Waals surface area contributed by atoms with E-state index in [1.807, 2.05) is 30.5 Å². The third-order valence-electron chi connectivity index (χ3n) is 8.34. The van der Waals surface area contributed by atoms with Gasteiger partial charge < -0.3 is 15.7 Å². The largest absolute Gasteiger partial charge is 0.481 e. The third kappa shape index (κ3) is 13.9. The number of hydrogen-bond acceptors (Lipinski definition) is 4. The van der Waals surface area contributed by atoms with Gasteiger partial charge in [-0.25, -0.2) is 0 Å². The lowest BCUT2D eigenvalue weighted by molar-refractivity contribution is -0.681. The number of anilines is 2. The number of carbonyl (C=O) groups excluding carboxylic acids is 3. The van der Waals surface area contributed by atoms with E-state index in [0.717, 1.165) is 23.6 Å². The van der Waals surface area contributed by atoms with Crippen molar-refractivity contribution in [3.05, 3.63) is 78.6 Å². The number of nitrogens with one attached hydrogen (secondary N) is 2. The van der Waals surface area contributed by atoms with Gasteiger partial charge in [-0.2, -0.15) is 4.57 Å². The molecule has 3 rings (SSSR count). The highest BCUT2D eigenvalue weighted by Gasteiger charge is 2.22. The molecule has 2 amide bonds. The van der Waals surface area contributed by atoms with Crippen LogP contribution >= 0.6 is 0 Å². The van der Waals surface area contributed by atoms with Crippen LogP contribution in [0.4, 0.5) is 11.4 Å². The second kappa shape index (κ2) is 20.7. The summed E-state index contributed by atoms with van der Waals surface area (Å²) in [4.78, 5) is 48.9. The summed E-state index contributed by atoms with van der Waals surface area (Å²) in [5, 5.41) is 16.7. The van der Waals surface area contributed by atoms with E-state index in [2.05, 4.69) is 23.6 Å². The molecule has 0 aliphatic rings. The van der Waals surface area contributed by atoms with Gasteiger partial charge in [-0.1, -0.05) is 89.4 Å². The fraction of sp³-hybridized carbons (Fsp3) is 0.462. The van der Waals surface area contributed by atoms with E-state index in [1.165, 1.54) is 71.1 Å². The minimum atomic E-state index is -1.00. The SMILES string of the molecule is CCCCCCCCCCCCC/C=C/CC(CC(=O)O)C(=O)Nc1cccc2c[n+](CC(=O)c3ccc(NC(C)=O)cc3)ccc12. The Bertz CT molecular complexity index is 1480. The summed E-state index contributed by atoms with van der Waals surface area (Å²) in [6, 6.07) is 14.1. The molecule has 3 aromatic rings. The summed E-state index contributed by atoms with van der Waals surface area (Å²) in [7, 11) is 0. The van der Waals surface area contributed by atoms with E-state index in [0.29, 0.717) is 23.4 Å². The molecule has 252 valence electrons. The smallest absolute Gasteiger partial charge is 0.304 e. The molecule has 1 unspecified atom stereocenters. The number of Topliss-reactive ketones (excluding diaryl/α,β-unsaturated/α-hetero) is 1. The average molecular weight is 643 g/mol. The van der Waals surface area contributed by atoms with Gasteiger partial charge in [0.15, 0.2) is 12.4 Å². The number of nitrogens with zero attached hydrogens (tertiary/aromatic N) is 1. The van der Waals surface area contributed by atoms with Gasteiger partial charge in [-0.3, -0.25) is 19.2 Å². The van der Waals surface area contributed by atoms with E-state index >= 15 is 0 Å². The van der Waals surface area contributed by atoms with Gasteiger partial charge in [0, 0.05) is 40.7 Å². The Hall–Kier alpha value is -4.33. The van der Waals surface area contributed by atoms with Crippen LogP contribution < -0.4 is 15.2 Å². The molecule has 2 aromatic carbocycles. The second-order valence-corrected chi connectivity index (χ2v) is 12.4. The maximum Gasteiger partial charge on any atom is 0.304 e. The molecule has 0 radical (unpaired) electrons. The van der Waals surface area contributed by atoms with Crippen molar-refractivity contribution in [2.24, 2.45) is 5.92 Å². The highest BCUT2D eigenvalue weighted by molar-refractivity contribution is 6.03. The molecular weight excluding hydrogens is 590 g/mol. The quantitative estimate of drug-likeness (QED) is 0.0439. The molecule has 1 heterocycles. The maximum atomic E-state index is 13.2. The van der Waals surface area contributed by atoms with Crippen LogP contribution in [0.3, 0.4) is 0 Å². The zero-order chi connectivity index (χ0) is 33.9. The molecule has 8 heteroatoms. The average Bonchev–Trinajstić information content (AvgIpc) is 3.04. The summed E-state index contributed by atoms with van der Waals surface area (Å²) in [5.74, 6) is -2.27. The predicted octanol–water partition coefficient (Wildman–Crippen LogP) is 8.65. The van der Waals surface area contributed by atoms with Gasteiger partial charge in [0.1, 0.15) is 0 Å². The Morgan fingerprint density at radius 3 is 2.11 bits per heavy atom. The molecule has 0 fully saturated rings. The molecule has 8 nitrogen and oxygen atoms in total. The Morgan fingerprint density at radius 2 is 1.47 bits per heavy atom. The number of rotatable bonds is 22. The lowest BCUT2D eigenvalue weighted by Crippen LogP contribution is -2.37. The minimum Gasteiger partial charge on any atom is -0.481 e. The fourth-order valence-electron chi connectivity index (χ4n) is 5.71. The van der Waals surface area contributed by atoms with Crippen molar-refractivity contribution in [2.45, 2.75) is 110 Å². The summed E-state index contributed by atoms with van der Waals surface area (Å²) in [6.45, 7) is 3.80. The van der Waals surface area contributed by atoms with Crippen molar-refractivity contribution in [2.75, 3.05) is 10.6 Å². The summed E-state index contributed by atoms with van der Waals surface area (Å²) in [5.41, 5.74) is 1.76. The van der Waals surface area contributed by atoms with Gasteiger partial charge >= 0.3 is 5.97 Å². The number of ketones is 1. The number of carbonyl (C=O) groups is 4. The summed E-state index contributed by atoms with van der Waals surface area (Å²) < 4.78 is 1.78. The second-order valence-electron chi connectivity index (χ2n) is 12.4. The van der Waals surface area contributed by atoms with E-state index in [4.69, 9.17) is 0 Å². The normalized spacial score (nSPS) is 11.9. The molecule has 47 heavy (non-hydrogen) atoms. The number of carboxylic acids is 1. The monoisotopic (exact) mass is 642 g/mol. The van der Waals surface area contributed by atoms with Crippen molar-refractivity contribution >= 4 is 45.7 Å². The Balaban J connectivity index is 1.49. The number of amides is 2. The molecule has 0 spiro atoms. The number of aromatic nitrogens is 1. The minimum absolute atomic E-state index is 0.0822. The number of carboxylic acid groups (broad SMARTS) is 1.